The number of aryl methyl sites for hydroxylation is 2. The maximum atomic E-state index is 12.2. The SMILES string of the molecule is Cc1ccc(C)c(-c2ccc(=O)n(CC(=O)NCc3ccccc3)n2)c1. The monoisotopic (exact) mass is 347 g/mol. The Hall–Kier alpha value is -3.21. The van der Waals surface area contributed by atoms with E-state index in [1.807, 2.05) is 62.4 Å². The Labute approximate surface area is 152 Å². The molecule has 0 saturated heterocycles. The molecular formula is C21H21N3O2. The van der Waals surface area contributed by atoms with Gasteiger partial charge in [-0.15, -0.1) is 0 Å². The average molecular weight is 347 g/mol. The molecule has 0 atom stereocenters. The second-order valence-corrected chi connectivity index (χ2v) is 6.30. The van der Waals surface area contributed by atoms with Crippen molar-refractivity contribution < 1.29 is 4.79 Å². The lowest BCUT2D eigenvalue weighted by atomic mass is 10.0. The number of benzene rings is 2. The molecule has 132 valence electrons. The van der Waals surface area contributed by atoms with Crippen molar-refractivity contribution in [3.8, 4) is 11.3 Å². The molecule has 5 heteroatoms. The summed E-state index contributed by atoms with van der Waals surface area (Å²) in [4.78, 5) is 24.3. The Kier molecular flexibility index (Phi) is 5.27. The smallest absolute Gasteiger partial charge is 0.267 e. The van der Waals surface area contributed by atoms with Crippen LogP contribution in [0.4, 0.5) is 0 Å². The average Bonchev–Trinajstić information content (AvgIpc) is 2.65. The summed E-state index contributed by atoms with van der Waals surface area (Å²) in [6, 6.07) is 18.9. The van der Waals surface area contributed by atoms with Crippen LogP contribution in [0.25, 0.3) is 11.3 Å². The zero-order valence-corrected chi connectivity index (χ0v) is 14.9. The van der Waals surface area contributed by atoms with Crippen LogP contribution >= 0.6 is 0 Å². The number of hydrogen-bond acceptors (Lipinski definition) is 3. The molecule has 0 radical (unpaired) electrons. The standard InChI is InChI=1S/C21H21N3O2/c1-15-8-9-16(2)18(12-15)19-10-11-21(26)24(23-19)14-20(25)22-13-17-6-4-3-5-7-17/h3-12H,13-14H2,1-2H3,(H,22,25). The van der Waals surface area contributed by atoms with Crippen LogP contribution in [-0.4, -0.2) is 15.7 Å². The Balaban J connectivity index is 1.76. The van der Waals surface area contributed by atoms with E-state index in [9.17, 15) is 9.59 Å². The van der Waals surface area contributed by atoms with Gasteiger partial charge in [-0.1, -0.05) is 48.0 Å². The summed E-state index contributed by atoms with van der Waals surface area (Å²) in [5.74, 6) is -0.249. The van der Waals surface area contributed by atoms with E-state index in [0.29, 0.717) is 12.2 Å². The van der Waals surface area contributed by atoms with Gasteiger partial charge in [0.05, 0.1) is 5.69 Å². The van der Waals surface area contributed by atoms with Gasteiger partial charge in [0.2, 0.25) is 5.91 Å². The molecule has 1 N–H and O–H groups in total. The molecule has 0 fully saturated rings. The van der Waals surface area contributed by atoms with Crippen LogP contribution in [0, 0.1) is 13.8 Å². The first-order chi connectivity index (χ1) is 12.5. The van der Waals surface area contributed by atoms with Crippen molar-refractivity contribution >= 4 is 5.91 Å². The minimum Gasteiger partial charge on any atom is -0.350 e. The van der Waals surface area contributed by atoms with E-state index in [-0.39, 0.29) is 18.0 Å². The van der Waals surface area contributed by atoms with Crippen LogP contribution in [0.5, 0.6) is 0 Å². The minimum absolute atomic E-state index is 0.107. The van der Waals surface area contributed by atoms with Crippen molar-refractivity contribution in [2.75, 3.05) is 0 Å². The molecule has 0 spiro atoms. The first-order valence-electron chi connectivity index (χ1n) is 8.49. The second-order valence-electron chi connectivity index (χ2n) is 6.30. The Morgan fingerprint density at radius 2 is 1.81 bits per heavy atom. The van der Waals surface area contributed by atoms with Gasteiger partial charge in [-0.3, -0.25) is 9.59 Å². The van der Waals surface area contributed by atoms with E-state index >= 15 is 0 Å². The molecule has 3 aromatic rings. The third-order valence-corrected chi connectivity index (χ3v) is 4.16. The van der Waals surface area contributed by atoms with Gasteiger partial charge in [0.15, 0.2) is 0 Å². The number of rotatable bonds is 5. The van der Waals surface area contributed by atoms with Gasteiger partial charge in [-0.25, -0.2) is 4.68 Å². The zero-order chi connectivity index (χ0) is 18.5. The van der Waals surface area contributed by atoms with E-state index in [2.05, 4.69) is 10.4 Å². The molecule has 0 aliphatic rings. The van der Waals surface area contributed by atoms with Crippen LogP contribution in [-0.2, 0) is 17.9 Å². The number of carbonyl (C=O) groups excluding carboxylic acids is 1. The van der Waals surface area contributed by atoms with Crippen molar-refractivity contribution in [2.24, 2.45) is 0 Å². The van der Waals surface area contributed by atoms with Gasteiger partial charge < -0.3 is 5.32 Å². The predicted molar refractivity (Wildman–Crippen MR) is 102 cm³/mol. The van der Waals surface area contributed by atoms with Crippen molar-refractivity contribution in [2.45, 2.75) is 26.9 Å². The molecule has 0 aliphatic carbocycles. The van der Waals surface area contributed by atoms with E-state index in [0.717, 1.165) is 22.3 Å². The number of hydrogen-bond donors (Lipinski definition) is 1. The molecule has 26 heavy (non-hydrogen) atoms. The first kappa shape index (κ1) is 17.6. The number of amides is 1. The lowest BCUT2D eigenvalue weighted by Gasteiger charge is -2.10. The van der Waals surface area contributed by atoms with Crippen molar-refractivity contribution in [1.29, 1.82) is 0 Å². The van der Waals surface area contributed by atoms with Crippen molar-refractivity contribution in [3.63, 3.8) is 0 Å². The maximum Gasteiger partial charge on any atom is 0.267 e. The van der Waals surface area contributed by atoms with Crippen LogP contribution in [0.15, 0.2) is 65.5 Å². The lowest BCUT2D eigenvalue weighted by Crippen LogP contribution is -2.33. The van der Waals surface area contributed by atoms with Gasteiger partial charge in [-0.05, 0) is 37.1 Å². The highest BCUT2D eigenvalue weighted by molar-refractivity contribution is 5.75. The minimum atomic E-state index is -0.297. The molecule has 0 aliphatic heterocycles. The third kappa shape index (κ3) is 4.25. The summed E-state index contributed by atoms with van der Waals surface area (Å²) in [5, 5.41) is 7.20. The first-order valence-corrected chi connectivity index (χ1v) is 8.49. The molecule has 1 heterocycles. The summed E-state index contributed by atoms with van der Waals surface area (Å²) in [6.07, 6.45) is 0. The Morgan fingerprint density at radius 3 is 2.58 bits per heavy atom. The quantitative estimate of drug-likeness (QED) is 0.772. The normalized spacial score (nSPS) is 10.5. The zero-order valence-electron chi connectivity index (χ0n) is 14.9. The van der Waals surface area contributed by atoms with Gasteiger partial charge in [-0.2, -0.15) is 5.10 Å². The van der Waals surface area contributed by atoms with Gasteiger partial charge in [0.25, 0.3) is 5.56 Å². The van der Waals surface area contributed by atoms with Crippen LogP contribution in [0.2, 0.25) is 0 Å². The third-order valence-electron chi connectivity index (χ3n) is 4.16. The van der Waals surface area contributed by atoms with Crippen molar-refractivity contribution in [3.05, 3.63) is 87.7 Å². The van der Waals surface area contributed by atoms with Gasteiger partial charge in [0, 0.05) is 18.2 Å². The number of aromatic nitrogens is 2. The summed E-state index contributed by atoms with van der Waals surface area (Å²) in [7, 11) is 0. The van der Waals surface area contributed by atoms with Crippen LogP contribution in [0.1, 0.15) is 16.7 Å². The van der Waals surface area contributed by atoms with Gasteiger partial charge >= 0.3 is 0 Å². The van der Waals surface area contributed by atoms with E-state index in [4.69, 9.17) is 0 Å². The largest absolute Gasteiger partial charge is 0.350 e. The highest BCUT2D eigenvalue weighted by Crippen LogP contribution is 2.21. The summed E-state index contributed by atoms with van der Waals surface area (Å²) in [5.41, 5.74) is 4.54. The highest BCUT2D eigenvalue weighted by atomic mass is 16.2. The van der Waals surface area contributed by atoms with E-state index in [1.165, 1.54) is 10.7 Å². The van der Waals surface area contributed by atoms with Crippen LogP contribution < -0.4 is 10.9 Å². The van der Waals surface area contributed by atoms with Crippen LogP contribution in [0.3, 0.4) is 0 Å². The molecule has 0 unspecified atom stereocenters. The fourth-order valence-corrected chi connectivity index (χ4v) is 2.71. The van der Waals surface area contributed by atoms with Crippen molar-refractivity contribution in [1.82, 2.24) is 15.1 Å². The van der Waals surface area contributed by atoms with E-state index in [1.54, 1.807) is 6.07 Å². The second kappa shape index (κ2) is 7.78. The molecule has 2 aromatic carbocycles. The van der Waals surface area contributed by atoms with Gasteiger partial charge in [0.1, 0.15) is 6.54 Å². The highest BCUT2D eigenvalue weighted by Gasteiger charge is 2.09. The molecule has 0 bridgehead atoms. The molecule has 1 aromatic heterocycles. The molecular weight excluding hydrogens is 326 g/mol. The number of nitrogens with one attached hydrogen (secondary N) is 1. The molecule has 0 saturated carbocycles. The fourth-order valence-electron chi connectivity index (χ4n) is 2.71. The predicted octanol–water partition coefficient (Wildman–Crippen LogP) is 2.84. The number of carbonyl (C=O) groups is 1. The summed E-state index contributed by atoms with van der Waals surface area (Å²) >= 11 is 0. The molecule has 3 rings (SSSR count). The maximum absolute atomic E-state index is 12.2. The fraction of sp³-hybridized carbons (Fsp3) is 0.190. The summed E-state index contributed by atoms with van der Waals surface area (Å²) in [6.45, 7) is 4.32. The number of nitrogens with zero attached hydrogens (tertiary/aromatic N) is 2. The Morgan fingerprint density at radius 1 is 1.04 bits per heavy atom. The summed E-state index contributed by atoms with van der Waals surface area (Å²) < 4.78 is 1.21. The van der Waals surface area contributed by atoms with E-state index < -0.39 is 0 Å². The topological polar surface area (TPSA) is 64.0 Å². The Bertz CT molecular complexity index is 978. The molecule has 5 nitrogen and oxygen atoms in total. The molecule has 1 amide bonds. The lowest BCUT2D eigenvalue weighted by molar-refractivity contribution is -0.122.